The summed E-state index contributed by atoms with van der Waals surface area (Å²) in [5.74, 6) is 0. The van der Waals surface area contributed by atoms with Crippen molar-refractivity contribution in [3.63, 3.8) is 0 Å². The Hall–Kier alpha value is -3.44. The number of aryl methyl sites for hydroxylation is 3. The van der Waals surface area contributed by atoms with Crippen LogP contribution in [0.15, 0.2) is 30.3 Å². The Morgan fingerprint density at radius 3 is 2.46 bits per heavy atom. The Balaban J connectivity index is 2.24. The molecular weight excluding hydrogens is 298 g/mol. The number of aromatic nitrogens is 3. The second-order valence-electron chi connectivity index (χ2n) is 5.69. The van der Waals surface area contributed by atoms with Crippen LogP contribution in [0.5, 0.6) is 0 Å². The minimum Gasteiger partial charge on any atom is -0.233 e. The van der Waals surface area contributed by atoms with E-state index in [4.69, 9.17) is 0 Å². The van der Waals surface area contributed by atoms with E-state index >= 15 is 0 Å². The van der Waals surface area contributed by atoms with Crippen LogP contribution in [-0.2, 0) is 0 Å². The van der Waals surface area contributed by atoms with Crippen molar-refractivity contribution in [3.8, 4) is 12.1 Å². The highest BCUT2D eigenvalue weighted by atomic mass is 15.3. The molecule has 0 fully saturated rings. The predicted molar refractivity (Wildman–Crippen MR) is 91.8 cm³/mol. The summed E-state index contributed by atoms with van der Waals surface area (Å²) in [4.78, 5) is 4.40. The number of hydrogen-bond acceptors (Lipinski definition) is 4. The summed E-state index contributed by atoms with van der Waals surface area (Å²) in [7, 11) is 0. The molecule has 0 N–H and O–H groups in total. The number of fused-ring (bicyclic) bond motifs is 1. The van der Waals surface area contributed by atoms with Crippen LogP contribution in [0.4, 0.5) is 0 Å². The van der Waals surface area contributed by atoms with E-state index in [0.29, 0.717) is 22.5 Å². The van der Waals surface area contributed by atoms with Crippen LogP contribution in [0, 0.1) is 43.4 Å². The molecule has 116 valence electrons. The Kier molecular flexibility index (Phi) is 3.85. The Morgan fingerprint density at radius 2 is 1.83 bits per heavy atom. The van der Waals surface area contributed by atoms with Gasteiger partial charge < -0.3 is 0 Å². The van der Waals surface area contributed by atoms with Gasteiger partial charge in [0.25, 0.3) is 0 Å². The summed E-state index contributed by atoms with van der Waals surface area (Å²) in [6, 6.07) is 14.0. The number of nitrogens with zero attached hydrogens (tertiary/aromatic N) is 5. The zero-order valence-corrected chi connectivity index (χ0v) is 13.7. The molecule has 2 aromatic heterocycles. The molecule has 2 heterocycles. The zero-order chi connectivity index (χ0) is 17.3. The van der Waals surface area contributed by atoms with Gasteiger partial charge in [-0.15, -0.1) is 0 Å². The second-order valence-corrected chi connectivity index (χ2v) is 5.69. The first-order valence-corrected chi connectivity index (χ1v) is 7.49. The molecule has 0 unspecified atom stereocenters. The largest absolute Gasteiger partial charge is 0.233 e. The van der Waals surface area contributed by atoms with Crippen molar-refractivity contribution >= 4 is 17.3 Å². The number of rotatable bonds is 2. The molecule has 0 bridgehead atoms. The molecule has 3 aromatic rings. The van der Waals surface area contributed by atoms with E-state index in [1.165, 1.54) is 0 Å². The van der Waals surface area contributed by atoms with Crippen molar-refractivity contribution in [1.82, 2.24) is 14.6 Å². The highest BCUT2D eigenvalue weighted by Gasteiger charge is 2.18. The summed E-state index contributed by atoms with van der Waals surface area (Å²) >= 11 is 0. The molecule has 0 atom stereocenters. The maximum atomic E-state index is 9.57. The molecule has 0 spiro atoms. The van der Waals surface area contributed by atoms with Gasteiger partial charge >= 0.3 is 0 Å². The molecular formula is C19H15N5. The van der Waals surface area contributed by atoms with E-state index in [1.54, 1.807) is 10.6 Å². The Labute approximate surface area is 140 Å². The molecule has 0 saturated carbocycles. The van der Waals surface area contributed by atoms with Crippen molar-refractivity contribution in [3.05, 3.63) is 64.1 Å². The van der Waals surface area contributed by atoms with Crippen molar-refractivity contribution in [2.75, 3.05) is 0 Å². The van der Waals surface area contributed by atoms with Gasteiger partial charge in [-0.25, -0.2) is 9.50 Å². The molecule has 0 saturated heterocycles. The molecule has 5 heteroatoms. The lowest BCUT2D eigenvalue weighted by atomic mass is 10.1. The SMILES string of the molecule is Cc1ccc(C=C(C#N)c2nn3c(C)cc(C)nc3c2C#N)cc1. The first-order chi connectivity index (χ1) is 11.5. The number of benzene rings is 1. The van der Waals surface area contributed by atoms with Crippen molar-refractivity contribution in [2.45, 2.75) is 20.8 Å². The van der Waals surface area contributed by atoms with E-state index < -0.39 is 0 Å². The molecule has 0 aliphatic rings. The lowest BCUT2D eigenvalue weighted by Crippen LogP contribution is -1.97. The van der Waals surface area contributed by atoms with Crippen molar-refractivity contribution < 1.29 is 0 Å². The van der Waals surface area contributed by atoms with Gasteiger partial charge in [-0.05, 0) is 38.5 Å². The van der Waals surface area contributed by atoms with E-state index in [9.17, 15) is 10.5 Å². The molecule has 5 nitrogen and oxygen atoms in total. The van der Waals surface area contributed by atoms with E-state index in [0.717, 1.165) is 22.5 Å². The molecule has 0 aliphatic heterocycles. The van der Waals surface area contributed by atoms with Gasteiger partial charge in [-0.1, -0.05) is 29.8 Å². The Morgan fingerprint density at radius 1 is 1.12 bits per heavy atom. The Bertz CT molecular complexity index is 1040. The monoisotopic (exact) mass is 313 g/mol. The summed E-state index contributed by atoms with van der Waals surface area (Å²) in [5.41, 5.74) is 5.22. The minimum atomic E-state index is 0.321. The third-order valence-corrected chi connectivity index (χ3v) is 3.77. The summed E-state index contributed by atoms with van der Waals surface area (Å²) in [5, 5.41) is 23.6. The van der Waals surface area contributed by atoms with Crippen LogP contribution >= 0.6 is 0 Å². The van der Waals surface area contributed by atoms with Crippen molar-refractivity contribution in [1.29, 1.82) is 10.5 Å². The molecule has 24 heavy (non-hydrogen) atoms. The van der Waals surface area contributed by atoms with Gasteiger partial charge in [-0.3, -0.25) is 0 Å². The van der Waals surface area contributed by atoms with Gasteiger partial charge in [0.1, 0.15) is 23.4 Å². The first-order valence-electron chi connectivity index (χ1n) is 7.49. The van der Waals surface area contributed by atoms with E-state index in [1.807, 2.05) is 51.1 Å². The van der Waals surface area contributed by atoms with Crippen molar-refractivity contribution in [2.24, 2.45) is 0 Å². The third-order valence-electron chi connectivity index (χ3n) is 3.77. The van der Waals surface area contributed by atoms with Crippen LogP contribution in [-0.4, -0.2) is 14.6 Å². The van der Waals surface area contributed by atoms with Gasteiger partial charge in [0.05, 0.1) is 5.57 Å². The lowest BCUT2D eigenvalue weighted by Gasteiger charge is -1.99. The number of allylic oxidation sites excluding steroid dienone is 1. The van der Waals surface area contributed by atoms with E-state index in [2.05, 4.69) is 22.2 Å². The average Bonchev–Trinajstić information content (AvgIpc) is 2.93. The average molecular weight is 313 g/mol. The minimum absolute atomic E-state index is 0.321. The topological polar surface area (TPSA) is 77.8 Å². The summed E-state index contributed by atoms with van der Waals surface area (Å²) in [6.07, 6.45) is 1.74. The molecule has 0 radical (unpaired) electrons. The van der Waals surface area contributed by atoms with Crippen LogP contribution in [0.2, 0.25) is 0 Å². The second kappa shape index (κ2) is 5.98. The van der Waals surface area contributed by atoms with E-state index in [-0.39, 0.29) is 0 Å². The van der Waals surface area contributed by atoms with Crippen LogP contribution < -0.4 is 0 Å². The van der Waals surface area contributed by atoms with Gasteiger partial charge in [-0.2, -0.15) is 15.6 Å². The first kappa shape index (κ1) is 15.5. The van der Waals surface area contributed by atoms with Gasteiger partial charge in [0.2, 0.25) is 0 Å². The number of nitriles is 2. The lowest BCUT2D eigenvalue weighted by molar-refractivity contribution is 0.880. The predicted octanol–water partition coefficient (Wildman–Crippen LogP) is 3.59. The normalized spacial score (nSPS) is 11.3. The molecule has 0 aliphatic carbocycles. The van der Waals surface area contributed by atoms with Crippen LogP contribution in [0.25, 0.3) is 17.3 Å². The van der Waals surface area contributed by atoms with Crippen LogP contribution in [0.3, 0.4) is 0 Å². The highest BCUT2D eigenvalue weighted by Crippen LogP contribution is 2.24. The standard InChI is InChI=1S/C19H15N5/c1-12-4-6-15(7-5-12)9-16(10-20)18-17(11-21)19-22-13(2)8-14(3)24(19)23-18/h4-9H,1-3H3. The highest BCUT2D eigenvalue weighted by molar-refractivity contribution is 5.91. The molecule has 3 rings (SSSR count). The molecule has 0 amide bonds. The quantitative estimate of drug-likeness (QED) is 0.677. The van der Waals surface area contributed by atoms with Gasteiger partial charge in [0.15, 0.2) is 5.65 Å². The zero-order valence-electron chi connectivity index (χ0n) is 13.7. The maximum absolute atomic E-state index is 9.57. The summed E-state index contributed by atoms with van der Waals surface area (Å²) < 4.78 is 1.61. The smallest absolute Gasteiger partial charge is 0.174 e. The fourth-order valence-corrected chi connectivity index (χ4v) is 2.60. The maximum Gasteiger partial charge on any atom is 0.174 e. The van der Waals surface area contributed by atoms with Crippen LogP contribution in [0.1, 0.15) is 33.8 Å². The number of hydrogen-bond donors (Lipinski definition) is 0. The third kappa shape index (κ3) is 2.64. The molecule has 1 aromatic carbocycles. The fourth-order valence-electron chi connectivity index (χ4n) is 2.60. The summed E-state index contributed by atoms with van der Waals surface area (Å²) in [6.45, 7) is 5.77. The fraction of sp³-hybridized carbons (Fsp3) is 0.158. The van der Waals surface area contributed by atoms with Gasteiger partial charge in [0, 0.05) is 11.4 Å².